The van der Waals surface area contributed by atoms with E-state index in [9.17, 15) is 4.79 Å². The quantitative estimate of drug-likeness (QED) is 0.438. The number of rotatable bonds is 4. The zero-order valence-corrected chi connectivity index (χ0v) is 15.1. The second kappa shape index (κ2) is 6.42. The Morgan fingerprint density at radius 1 is 1.12 bits per heavy atom. The summed E-state index contributed by atoms with van der Waals surface area (Å²) in [5.41, 5.74) is 4.47. The highest BCUT2D eigenvalue weighted by Gasteiger charge is 2.15. The van der Waals surface area contributed by atoms with Crippen LogP contribution in [0.5, 0.6) is 5.75 Å². The van der Waals surface area contributed by atoms with Crippen molar-refractivity contribution in [2.45, 2.75) is 20.8 Å². The van der Waals surface area contributed by atoms with Crippen LogP contribution in [0.4, 0.5) is 0 Å². The number of aromatic nitrogens is 2. The van der Waals surface area contributed by atoms with Gasteiger partial charge in [-0.25, -0.2) is 4.79 Å². The number of aryl methyl sites for hydroxylation is 2. The van der Waals surface area contributed by atoms with Gasteiger partial charge < -0.3 is 14.5 Å². The van der Waals surface area contributed by atoms with E-state index in [1.807, 2.05) is 37.5 Å². The number of carbonyl (C=O) groups excluding carboxylic acids is 1. The lowest BCUT2D eigenvalue weighted by molar-refractivity contribution is -0.139. The second-order valence-corrected chi connectivity index (χ2v) is 6.36. The predicted octanol–water partition coefficient (Wildman–Crippen LogP) is 4.43. The van der Waals surface area contributed by atoms with Gasteiger partial charge in [-0.1, -0.05) is 0 Å². The maximum atomic E-state index is 11.8. The van der Waals surface area contributed by atoms with E-state index in [4.69, 9.17) is 9.47 Å². The van der Waals surface area contributed by atoms with Gasteiger partial charge in [-0.15, -0.1) is 0 Å². The van der Waals surface area contributed by atoms with Crippen LogP contribution in [0.1, 0.15) is 18.1 Å². The lowest BCUT2D eigenvalue weighted by atomic mass is 9.97. The van der Waals surface area contributed by atoms with Gasteiger partial charge in [0.2, 0.25) is 0 Å². The third kappa shape index (κ3) is 2.61. The number of fused-ring (bicyclic) bond motifs is 4. The summed E-state index contributed by atoms with van der Waals surface area (Å²) < 4.78 is 10.5. The van der Waals surface area contributed by atoms with Crippen LogP contribution < -0.4 is 4.74 Å². The molecule has 0 saturated heterocycles. The van der Waals surface area contributed by atoms with E-state index >= 15 is 0 Å². The standard InChI is InChI=1S/C21H20N2O3/c1-4-25-11-19(24)26-14-5-6-18-16(9-14)20-12(2)17-10-22-8-7-15(17)13(3)21(20)23-18/h5-10,23H,4,11H2,1-3H3. The Kier molecular flexibility index (Phi) is 4.09. The van der Waals surface area contributed by atoms with Crippen LogP contribution in [0, 0.1) is 13.8 Å². The Morgan fingerprint density at radius 2 is 1.96 bits per heavy atom. The van der Waals surface area contributed by atoms with Crippen LogP contribution in [0.3, 0.4) is 0 Å². The Hall–Kier alpha value is -2.92. The number of H-pyrrole nitrogens is 1. The van der Waals surface area contributed by atoms with Crippen molar-refractivity contribution in [3.05, 3.63) is 47.8 Å². The van der Waals surface area contributed by atoms with Gasteiger partial charge in [0.15, 0.2) is 0 Å². The molecule has 0 spiro atoms. The molecule has 2 heterocycles. The summed E-state index contributed by atoms with van der Waals surface area (Å²) in [6.45, 7) is 6.50. The average molecular weight is 348 g/mol. The zero-order chi connectivity index (χ0) is 18.3. The SMILES string of the molecule is CCOCC(=O)Oc1ccc2[nH]c3c(C)c4ccncc4c(C)c3c2c1. The van der Waals surface area contributed by atoms with Crippen molar-refractivity contribution in [1.82, 2.24) is 9.97 Å². The summed E-state index contributed by atoms with van der Waals surface area (Å²) in [6, 6.07) is 7.70. The van der Waals surface area contributed by atoms with Crippen LogP contribution in [-0.4, -0.2) is 29.2 Å². The molecule has 0 fully saturated rings. The Balaban J connectivity index is 1.90. The number of carbonyl (C=O) groups is 1. The van der Waals surface area contributed by atoms with E-state index in [1.54, 1.807) is 6.07 Å². The Morgan fingerprint density at radius 3 is 2.77 bits per heavy atom. The summed E-state index contributed by atoms with van der Waals surface area (Å²) in [7, 11) is 0. The molecule has 5 nitrogen and oxygen atoms in total. The van der Waals surface area contributed by atoms with E-state index in [-0.39, 0.29) is 6.61 Å². The number of esters is 1. The monoisotopic (exact) mass is 348 g/mol. The van der Waals surface area contributed by atoms with E-state index < -0.39 is 5.97 Å². The molecule has 0 aliphatic rings. The first-order valence-corrected chi connectivity index (χ1v) is 8.67. The van der Waals surface area contributed by atoms with E-state index in [0.717, 1.165) is 32.8 Å². The fourth-order valence-electron chi connectivity index (χ4n) is 3.54. The maximum absolute atomic E-state index is 11.8. The van der Waals surface area contributed by atoms with Gasteiger partial charge in [-0.3, -0.25) is 4.98 Å². The van der Waals surface area contributed by atoms with Gasteiger partial charge in [0.1, 0.15) is 12.4 Å². The molecule has 26 heavy (non-hydrogen) atoms. The molecule has 132 valence electrons. The van der Waals surface area contributed by atoms with Crippen molar-refractivity contribution in [1.29, 1.82) is 0 Å². The third-order valence-electron chi connectivity index (χ3n) is 4.80. The molecule has 2 aromatic heterocycles. The van der Waals surface area contributed by atoms with Crippen molar-refractivity contribution in [3.8, 4) is 5.75 Å². The van der Waals surface area contributed by atoms with Crippen molar-refractivity contribution in [2.24, 2.45) is 0 Å². The molecule has 4 aromatic rings. The largest absolute Gasteiger partial charge is 0.425 e. The first-order valence-electron chi connectivity index (χ1n) is 8.67. The van der Waals surface area contributed by atoms with Crippen molar-refractivity contribution < 1.29 is 14.3 Å². The molecule has 0 atom stereocenters. The van der Waals surface area contributed by atoms with E-state index in [1.165, 1.54) is 10.9 Å². The van der Waals surface area contributed by atoms with Crippen LogP contribution in [-0.2, 0) is 9.53 Å². The molecule has 2 aromatic carbocycles. The van der Waals surface area contributed by atoms with Gasteiger partial charge in [-0.05, 0) is 61.5 Å². The van der Waals surface area contributed by atoms with Gasteiger partial charge >= 0.3 is 5.97 Å². The van der Waals surface area contributed by atoms with Crippen molar-refractivity contribution in [2.75, 3.05) is 13.2 Å². The molecule has 0 aliphatic heterocycles. The van der Waals surface area contributed by atoms with Crippen LogP contribution in [0.25, 0.3) is 32.6 Å². The zero-order valence-electron chi connectivity index (χ0n) is 15.1. The molecule has 5 heteroatoms. The number of nitrogens with one attached hydrogen (secondary N) is 1. The number of ether oxygens (including phenoxy) is 2. The topological polar surface area (TPSA) is 64.2 Å². The summed E-state index contributed by atoms with van der Waals surface area (Å²) in [5, 5.41) is 4.51. The number of nitrogens with zero attached hydrogens (tertiary/aromatic N) is 1. The number of hydrogen-bond acceptors (Lipinski definition) is 4. The second-order valence-electron chi connectivity index (χ2n) is 6.36. The molecule has 0 aliphatic carbocycles. The fourth-order valence-corrected chi connectivity index (χ4v) is 3.54. The average Bonchev–Trinajstić information content (AvgIpc) is 3.03. The number of pyridine rings is 1. The van der Waals surface area contributed by atoms with Crippen molar-refractivity contribution in [3.63, 3.8) is 0 Å². The molecule has 0 bridgehead atoms. The predicted molar refractivity (Wildman–Crippen MR) is 103 cm³/mol. The van der Waals surface area contributed by atoms with Crippen LogP contribution >= 0.6 is 0 Å². The van der Waals surface area contributed by atoms with Gasteiger partial charge in [0.25, 0.3) is 0 Å². The molecule has 4 rings (SSSR count). The first-order chi connectivity index (χ1) is 12.6. The summed E-state index contributed by atoms with van der Waals surface area (Å²) in [6.07, 6.45) is 3.72. The molecular formula is C21H20N2O3. The minimum absolute atomic E-state index is 0.0448. The molecule has 0 saturated carbocycles. The van der Waals surface area contributed by atoms with E-state index in [2.05, 4.69) is 23.8 Å². The highest BCUT2D eigenvalue weighted by atomic mass is 16.6. The van der Waals surface area contributed by atoms with E-state index in [0.29, 0.717) is 12.4 Å². The lowest BCUT2D eigenvalue weighted by Crippen LogP contribution is -2.15. The minimum atomic E-state index is -0.395. The lowest BCUT2D eigenvalue weighted by Gasteiger charge is -2.08. The van der Waals surface area contributed by atoms with Crippen LogP contribution in [0.2, 0.25) is 0 Å². The summed E-state index contributed by atoms with van der Waals surface area (Å²) in [4.78, 5) is 19.6. The highest BCUT2D eigenvalue weighted by molar-refractivity contribution is 6.16. The molecule has 0 unspecified atom stereocenters. The van der Waals surface area contributed by atoms with Gasteiger partial charge in [-0.2, -0.15) is 0 Å². The number of aromatic amines is 1. The highest BCUT2D eigenvalue weighted by Crippen LogP contribution is 2.37. The third-order valence-corrected chi connectivity index (χ3v) is 4.80. The maximum Gasteiger partial charge on any atom is 0.337 e. The van der Waals surface area contributed by atoms with Gasteiger partial charge in [0.05, 0.1) is 5.52 Å². The first kappa shape index (κ1) is 16.5. The number of hydrogen-bond donors (Lipinski definition) is 1. The van der Waals surface area contributed by atoms with Crippen LogP contribution in [0.15, 0.2) is 36.7 Å². The fraction of sp³-hybridized carbons (Fsp3) is 0.238. The van der Waals surface area contributed by atoms with Gasteiger partial charge in [0, 0.05) is 40.7 Å². The van der Waals surface area contributed by atoms with Crippen molar-refractivity contribution >= 4 is 38.5 Å². The number of benzene rings is 2. The smallest absolute Gasteiger partial charge is 0.337 e. The molecule has 0 radical (unpaired) electrons. The summed E-state index contributed by atoms with van der Waals surface area (Å²) in [5.74, 6) is 0.125. The molecule has 1 N–H and O–H groups in total. The molecule has 0 amide bonds. The molecular weight excluding hydrogens is 328 g/mol. The Labute approximate surface area is 150 Å². The summed E-state index contributed by atoms with van der Waals surface area (Å²) >= 11 is 0. The Bertz CT molecular complexity index is 1140. The minimum Gasteiger partial charge on any atom is -0.425 e. The normalized spacial score (nSPS) is 11.5.